The number of benzene rings is 1. The molecule has 1 aliphatic rings. The molecule has 0 N–H and O–H groups in total. The first-order chi connectivity index (χ1) is 11.0. The Hall–Kier alpha value is -1.24. The second-order valence-electron chi connectivity index (χ2n) is 7.04. The molecule has 0 spiro atoms. The predicted octanol–water partition coefficient (Wildman–Crippen LogP) is 5.58. The Balaban J connectivity index is 2.18. The van der Waals surface area contributed by atoms with Gasteiger partial charge in [0.15, 0.2) is 0 Å². The van der Waals surface area contributed by atoms with E-state index >= 15 is 0 Å². The van der Waals surface area contributed by atoms with Gasteiger partial charge in [-0.1, -0.05) is 15.9 Å². The number of carbonyl (C=O) groups excluding carboxylic acids is 1. The molecular weight excluding hydrogens is 387 g/mol. The molecule has 134 valence electrons. The van der Waals surface area contributed by atoms with E-state index in [0.29, 0.717) is 23.1 Å². The van der Waals surface area contributed by atoms with Gasteiger partial charge in [-0.05, 0) is 57.4 Å². The Morgan fingerprint density at radius 1 is 1.25 bits per heavy atom. The summed E-state index contributed by atoms with van der Waals surface area (Å²) in [6.07, 6.45) is -3.33. The smallest absolute Gasteiger partial charge is 0.416 e. The molecule has 0 aliphatic carbocycles. The highest BCUT2D eigenvalue weighted by Gasteiger charge is 2.33. The van der Waals surface area contributed by atoms with Gasteiger partial charge in [-0.15, -0.1) is 0 Å². The van der Waals surface area contributed by atoms with Gasteiger partial charge < -0.3 is 9.64 Å². The minimum Gasteiger partial charge on any atom is -0.444 e. The fourth-order valence-corrected chi connectivity index (χ4v) is 3.26. The van der Waals surface area contributed by atoms with Crippen molar-refractivity contribution >= 4 is 22.0 Å². The molecule has 7 heteroatoms. The van der Waals surface area contributed by atoms with Gasteiger partial charge in [0.05, 0.1) is 5.56 Å². The molecule has 1 heterocycles. The quantitative estimate of drug-likeness (QED) is 0.607. The van der Waals surface area contributed by atoms with Crippen LogP contribution in [0.4, 0.5) is 18.0 Å². The highest BCUT2D eigenvalue weighted by molar-refractivity contribution is 9.10. The summed E-state index contributed by atoms with van der Waals surface area (Å²) in [5.74, 6) is -0.134. The zero-order valence-corrected chi connectivity index (χ0v) is 15.5. The molecular formula is C17H21BrF3NO2. The highest BCUT2D eigenvalue weighted by Crippen LogP contribution is 2.36. The van der Waals surface area contributed by atoms with Gasteiger partial charge >= 0.3 is 12.3 Å². The van der Waals surface area contributed by atoms with E-state index in [-0.39, 0.29) is 5.92 Å². The van der Waals surface area contributed by atoms with Crippen molar-refractivity contribution in [2.75, 3.05) is 13.1 Å². The van der Waals surface area contributed by atoms with Gasteiger partial charge in [-0.25, -0.2) is 4.79 Å². The first-order valence-corrected chi connectivity index (χ1v) is 8.60. The molecule has 1 amide bonds. The number of rotatable bonds is 1. The molecule has 1 unspecified atom stereocenters. The van der Waals surface area contributed by atoms with Crippen molar-refractivity contribution in [1.29, 1.82) is 0 Å². The number of likely N-dealkylation sites (tertiary alicyclic amines) is 1. The van der Waals surface area contributed by atoms with Crippen molar-refractivity contribution in [2.24, 2.45) is 0 Å². The van der Waals surface area contributed by atoms with Crippen LogP contribution in [0.15, 0.2) is 22.7 Å². The van der Waals surface area contributed by atoms with Crippen molar-refractivity contribution in [2.45, 2.75) is 51.3 Å². The van der Waals surface area contributed by atoms with Crippen molar-refractivity contribution in [3.8, 4) is 0 Å². The Labute approximate surface area is 148 Å². The summed E-state index contributed by atoms with van der Waals surface area (Å²) in [7, 11) is 0. The van der Waals surface area contributed by atoms with E-state index in [2.05, 4.69) is 15.9 Å². The Morgan fingerprint density at radius 3 is 2.50 bits per heavy atom. The van der Waals surface area contributed by atoms with E-state index < -0.39 is 23.4 Å². The number of halogens is 4. The maximum atomic E-state index is 13.0. The van der Waals surface area contributed by atoms with E-state index in [1.54, 1.807) is 31.7 Å². The summed E-state index contributed by atoms with van der Waals surface area (Å²) in [6, 6.07) is 3.93. The SMILES string of the molecule is CC(C)(C)OC(=O)N1CCCC(c2cc(Br)cc(C(F)(F)F)c2)C1. The van der Waals surface area contributed by atoms with Crippen LogP contribution in [-0.4, -0.2) is 29.7 Å². The molecule has 0 radical (unpaired) electrons. The van der Waals surface area contributed by atoms with Crippen LogP contribution < -0.4 is 0 Å². The lowest BCUT2D eigenvalue weighted by molar-refractivity contribution is -0.137. The Morgan fingerprint density at radius 2 is 1.92 bits per heavy atom. The standard InChI is InChI=1S/C17H21BrF3NO2/c1-16(2,3)24-15(23)22-6-4-5-11(10-22)12-7-13(17(19,20)21)9-14(18)8-12/h7-9,11H,4-6,10H2,1-3H3. The van der Waals surface area contributed by atoms with Crippen LogP contribution in [0.3, 0.4) is 0 Å². The number of alkyl halides is 3. The van der Waals surface area contributed by atoms with Gasteiger partial charge in [0.1, 0.15) is 5.60 Å². The van der Waals surface area contributed by atoms with Gasteiger partial charge in [0, 0.05) is 23.5 Å². The number of amides is 1. The highest BCUT2D eigenvalue weighted by atomic mass is 79.9. The maximum absolute atomic E-state index is 13.0. The third kappa shape index (κ3) is 5.13. The zero-order valence-electron chi connectivity index (χ0n) is 13.9. The number of ether oxygens (including phenoxy) is 1. The van der Waals surface area contributed by atoms with Crippen LogP contribution in [0.1, 0.15) is 50.7 Å². The van der Waals surface area contributed by atoms with E-state index in [4.69, 9.17) is 4.74 Å². The van der Waals surface area contributed by atoms with Crippen LogP contribution in [-0.2, 0) is 10.9 Å². The largest absolute Gasteiger partial charge is 0.444 e. The molecule has 1 fully saturated rings. The third-order valence-electron chi connectivity index (χ3n) is 3.79. The number of hydrogen-bond donors (Lipinski definition) is 0. The van der Waals surface area contributed by atoms with E-state index in [9.17, 15) is 18.0 Å². The van der Waals surface area contributed by atoms with Crippen molar-refractivity contribution in [3.05, 3.63) is 33.8 Å². The Bertz CT molecular complexity index is 611. The molecule has 24 heavy (non-hydrogen) atoms. The minimum absolute atomic E-state index is 0.134. The molecule has 0 bridgehead atoms. The monoisotopic (exact) mass is 407 g/mol. The molecule has 0 saturated carbocycles. The molecule has 3 nitrogen and oxygen atoms in total. The van der Waals surface area contributed by atoms with E-state index in [1.807, 2.05) is 0 Å². The number of piperidine rings is 1. The third-order valence-corrected chi connectivity index (χ3v) is 4.25. The Kier molecular flexibility index (Phi) is 5.52. The fourth-order valence-electron chi connectivity index (χ4n) is 2.75. The fraction of sp³-hybridized carbons (Fsp3) is 0.588. The van der Waals surface area contributed by atoms with Crippen LogP contribution in [0.2, 0.25) is 0 Å². The summed E-state index contributed by atoms with van der Waals surface area (Å²) >= 11 is 3.15. The lowest BCUT2D eigenvalue weighted by Crippen LogP contribution is -2.42. The average Bonchev–Trinajstić information content (AvgIpc) is 2.44. The number of carbonyl (C=O) groups is 1. The van der Waals surface area contributed by atoms with Gasteiger partial charge in [0.25, 0.3) is 0 Å². The summed E-state index contributed by atoms with van der Waals surface area (Å²) < 4.78 is 44.8. The molecule has 1 aromatic rings. The van der Waals surface area contributed by atoms with Crippen molar-refractivity contribution in [3.63, 3.8) is 0 Å². The number of nitrogens with zero attached hydrogens (tertiary/aromatic N) is 1. The topological polar surface area (TPSA) is 29.5 Å². The van der Waals surface area contributed by atoms with Gasteiger partial charge in [-0.2, -0.15) is 13.2 Å². The summed E-state index contributed by atoms with van der Waals surface area (Å²) in [4.78, 5) is 13.8. The van der Waals surface area contributed by atoms with E-state index in [0.717, 1.165) is 18.9 Å². The first kappa shape index (κ1) is 19.1. The molecule has 1 aliphatic heterocycles. The second-order valence-corrected chi connectivity index (χ2v) is 7.95. The van der Waals surface area contributed by atoms with Gasteiger partial charge in [-0.3, -0.25) is 0 Å². The summed E-state index contributed by atoms with van der Waals surface area (Å²) in [6.45, 7) is 6.29. The van der Waals surface area contributed by atoms with Crippen LogP contribution in [0, 0.1) is 0 Å². The van der Waals surface area contributed by atoms with Crippen LogP contribution >= 0.6 is 15.9 Å². The molecule has 1 atom stereocenters. The first-order valence-electron chi connectivity index (χ1n) is 7.81. The summed E-state index contributed by atoms with van der Waals surface area (Å²) in [5, 5.41) is 0. The molecule has 2 rings (SSSR count). The van der Waals surface area contributed by atoms with E-state index in [1.165, 1.54) is 6.07 Å². The maximum Gasteiger partial charge on any atom is 0.416 e. The van der Waals surface area contributed by atoms with Crippen molar-refractivity contribution < 1.29 is 22.7 Å². The lowest BCUT2D eigenvalue weighted by Gasteiger charge is -2.34. The zero-order chi connectivity index (χ0) is 18.1. The average molecular weight is 408 g/mol. The lowest BCUT2D eigenvalue weighted by atomic mass is 9.90. The van der Waals surface area contributed by atoms with Gasteiger partial charge in [0.2, 0.25) is 0 Å². The normalized spacial score (nSPS) is 19.3. The van der Waals surface area contributed by atoms with Crippen LogP contribution in [0.5, 0.6) is 0 Å². The predicted molar refractivity (Wildman–Crippen MR) is 88.9 cm³/mol. The number of hydrogen-bond acceptors (Lipinski definition) is 2. The van der Waals surface area contributed by atoms with Crippen molar-refractivity contribution in [1.82, 2.24) is 4.90 Å². The molecule has 0 aromatic heterocycles. The molecule has 1 aromatic carbocycles. The van der Waals surface area contributed by atoms with Crippen LogP contribution in [0.25, 0.3) is 0 Å². The second kappa shape index (κ2) is 6.94. The minimum atomic E-state index is -4.39. The summed E-state index contributed by atoms with van der Waals surface area (Å²) in [5.41, 5.74) is -0.685. The molecule has 1 saturated heterocycles.